The van der Waals surface area contributed by atoms with E-state index in [2.05, 4.69) is 15.6 Å². The Morgan fingerprint density at radius 3 is 2.62 bits per heavy atom. The van der Waals surface area contributed by atoms with Crippen LogP contribution in [-0.2, 0) is 16.1 Å². The van der Waals surface area contributed by atoms with Crippen LogP contribution >= 0.6 is 11.8 Å². The normalized spacial score (nSPS) is 11.9. The molecule has 0 bridgehead atoms. The second-order valence-corrected chi connectivity index (χ2v) is 9.25. The molecule has 2 N–H and O–H groups in total. The SMILES string of the molecule is COC(=O)c1ccc2c(=O)n(Cc3ccco3)c(S[C@H](C)C(=O)NC(=O)NCC(C)C)nc2c1. The van der Waals surface area contributed by atoms with E-state index in [1.54, 1.807) is 19.1 Å². The Morgan fingerprint density at radius 2 is 1.97 bits per heavy atom. The number of nitrogens with one attached hydrogen (secondary N) is 2. The number of hydrogen-bond acceptors (Lipinski definition) is 8. The van der Waals surface area contributed by atoms with Crippen LogP contribution in [-0.4, -0.2) is 46.4 Å². The summed E-state index contributed by atoms with van der Waals surface area (Å²) >= 11 is 1.02. The number of furan rings is 1. The lowest BCUT2D eigenvalue weighted by Crippen LogP contribution is -2.43. The summed E-state index contributed by atoms with van der Waals surface area (Å²) in [5, 5.41) is 4.71. The van der Waals surface area contributed by atoms with Gasteiger partial charge in [-0.2, -0.15) is 0 Å². The molecule has 0 fully saturated rings. The van der Waals surface area contributed by atoms with Gasteiger partial charge in [0, 0.05) is 6.54 Å². The molecule has 3 rings (SSSR count). The fourth-order valence-corrected chi connectivity index (χ4v) is 3.91. The maximum Gasteiger partial charge on any atom is 0.337 e. The summed E-state index contributed by atoms with van der Waals surface area (Å²) in [6.45, 7) is 6.01. The van der Waals surface area contributed by atoms with Crippen LogP contribution in [0.15, 0.2) is 51.0 Å². The maximum atomic E-state index is 13.3. The molecule has 34 heavy (non-hydrogen) atoms. The van der Waals surface area contributed by atoms with Gasteiger partial charge in [0.25, 0.3) is 5.56 Å². The number of imide groups is 1. The third-order valence-electron chi connectivity index (χ3n) is 4.79. The minimum Gasteiger partial charge on any atom is -0.467 e. The van der Waals surface area contributed by atoms with Crippen molar-refractivity contribution in [1.82, 2.24) is 20.2 Å². The molecule has 0 saturated carbocycles. The second-order valence-electron chi connectivity index (χ2n) is 7.94. The Morgan fingerprint density at radius 1 is 1.21 bits per heavy atom. The number of hydrogen-bond donors (Lipinski definition) is 2. The number of aromatic nitrogens is 2. The van der Waals surface area contributed by atoms with E-state index < -0.39 is 23.2 Å². The van der Waals surface area contributed by atoms with Crippen LogP contribution in [0.25, 0.3) is 10.9 Å². The summed E-state index contributed by atoms with van der Waals surface area (Å²) < 4.78 is 11.5. The number of benzene rings is 1. The third kappa shape index (κ3) is 6.04. The van der Waals surface area contributed by atoms with Crippen molar-refractivity contribution in [2.45, 2.75) is 37.7 Å². The lowest BCUT2D eigenvalue weighted by molar-refractivity contribution is -0.119. The topological polar surface area (TPSA) is 133 Å². The summed E-state index contributed by atoms with van der Waals surface area (Å²) in [5.74, 6) is -0.326. The molecule has 11 heteroatoms. The van der Waals surface area contributed by atoms with Crippen molar-refractivity contribution in [3.05, 3.63) is 58.3 Å². The monoisotopic (exact) mass is 486 g/mol. The van der Waals surface area contributed by atoms with E-state index in [1.165, 1.54) is 36.1 Å². The number of methoxy groups -OCH3 is 1. The first-order chi connectivity index (χ1) is 16.2. The lowest BCUT2D eigenvalue weighted by Gasteiger charge is -2.16. The van der Waals surface area contributed by atoms with E-state index in [4.69, 9.17) is 9.15 Å². The predicted octanol–water partition coefficient (Wildman–Crippen LogP) is 2.79. The van der Waals surface area contributed by atoms with E-state index in [-0.39, 0.29) is 34.3 Å². The molecule has 0 spiro atoms. The highest BCUT2D eigenvalue weighted by Crippen LogP contribution is 2.24. The molecule has 0 unspecified atom stereocenters. The molecular formula is C23H26N4O6S. The van der Waals surface area contributed by atoms with Gasteiger partial charge in [0.05, 0.1) is 41.6 Å². The average molecular weight is 487 g/mol. The Balaban J connectivity index is 1.94. The summed E-state index contributed by atoms with van der Waals surface area (Å²) in [6, 6.07) is 7.31. The fraction of sp³-hybridized carbons (Fsp3) is 0.348. The van der Waals surface area contributed by atoms with Crippen LogP contribution in [0.2, 0.25) is 0 Å². The summed E-state index contributed by atoms with van der Waals surface area (Å²) in [7, 11) is 1.26. The van der Waals surface area contributed by atoms with Crippen LogP contribution in [0.5, 0.6) is 0 Å². The summed E-state index contributed by atoms with van der Waals surface area (Å²) in [5.41, 5.74) is 0.172. The van der Waals surface area contributed by atoms with Crippen LogP contribution in [0, 0.1) is 5.92 Å². The number of carbonyl (C=O) groups is 3. The Labute approximate surface area is 200 Å². The minimum atomic E-state index is -0.749. The molecular weight excluding hydrogens is 460 g/mol. The number of nitrogens with zero attached hydrogens (tertiary/aromatic N) is 2. The van der Waals surface area contributed by atoms with Gasteiger partial charge in [-0.15, -0.1) is 0 Å². The van der Waals surface area contributed by atoms with Gasteiger partial charge in [0.15, 0.2) is 5.16 Å². The average Bonchev–Trinajstić information content (AvgIpc) is 3.32. The van der Waals surface area contributed by atoms with Crippen molar-refractivity contribution >= 4 is 40.6 Å². The Kier molecular flexibility index (Phi) is 8.11. The molecule has 10 nitrogen and oxygen atoms in total. The molecule has 0 aliphatic carbocycles. The first kappa shape index (κ1) is 25.0. The zero-order valence-corrected chi connectivity index (χ0v) is 20.1. The van der Waals surface area contributed by atoms with Crippen LogP contribution in [0.4, 0.5) is 4.79 Å². The number of ether oxygens (including phenoxy) is 1. The van der Waals surface area contributed by atoms with Crippen LogP contribution in [0.3, 0.4) is 0 Å². The largest absolute Gasteiger partial charge is 0.467 e. The number of rotatable bonds is 8. The van der Waals surface area contributed by atoms with Gasteiger partial charge in [0.1, 0.15) is 5.76 Å². The standard InChI is InChI=1S/C23H26N4O6S/c1-13(2)11-24-22(31)26-19(28)14(3)34-23-25-18-10-15(21(30)32-4)7-8-17(18)20(29)27(23)12-16-6-5-9-33-16/h5-10,13-14H,11-12H2,1-4H3,(H2,24,26,28,31)/t14-/m1/s1. The van der Waals surface area contributed by atoms with Crippen molar-refractivity contribution in [3.63, 3.8) is 0 Å². The highest BCUT2D eigenvalue weighted by molar-refractivity contribution is 8.00. The Hall–Kier alpha value is -3.60. The smallest absolute Gasteiger partial charge is 0.337 e. The maximum absolute atomic E-state index is 13.3. The predicted molar refractivity (Wildman–Crippen MR) is 127 cm³/mol. The summed E-state index contributed by atoms with van der Waals surface area (Å²) in [6.07, 6.45) is 1.50. The molecule has 0 radical (unpaired) electrons. The fourth-order valence-electron chi connectivity index (χ4n) is 3.00. The number of urea groups is 1. The van der Waals surface area contributed by atoms with Gasteiger partial charge in [-0.3, -0.25) is 19.5 Å². The molecule has 1 atom stereocenters. The first-order valence-electron chi connectivity index (χ1n) is 10.6. The van der Waals surface area contributed by atoms with Gasteiger partial charge in [0.2, 0.25) is 5.91 Å². The number of amides is 3. The van der Waals surface area contributed by atoms with Gasteiger partial charge in [-0.05, 0) is 43.2 Å². The van der Waals surface area contributed by atoms with Gasteiger partial charge in [-0.25, -0.2) is 14.6 Å². The van der Waals surface area contributed by atoms with Gasteiger partial charge >= 0.3 is 12.0 Å². The minimum absolute atomic E-state index is 0.0963. The molecule has 180 valence electrons. The molecule has 0 aliphatic rings. The van der Waals surface area contributed by atoms with Crippen molar-refractivity contribution < 1.29 is 23.5 Å². The summed E-state index contributed by atoms with van der Waals surface area (Å²) in [4.78, 5) is 54.3. The third-order valence-corrected chi connectivity index (χ3v) is 5.88. The van der Waals surface area contributed by atoms with Crippen LogP contribution < -0.4 is 16.2 Å². The highest BCUT2D eigenvalue weighted by atomic mass is 32.2. The highest BCUT2D eigenvalue weighted by Gasteiger charge is 2.22. The number of thioether (sulfide) groups is 1. The van der Waals surface area contributed by atoms with Gasteiger partial charge < -0.3 is 14.5 Å². The molecule has 3 aromatic rings. The van der Waals surface area contributed by atoms with E-state index in [1.807, 2.05) is 13.8 Å². The van der Waals surface area contributed by atoms with Gasteiger partial charge in [-0.1, -0.05) is 25.6 Å². The van der Waals surface area contributed by atoms with E-state index in [0.29, 0.717) is 17.7 Å². The van der Waals surface area contributed by atoms with Crippen LogP contribution in [0.1, 0.15) is 36.9 Å². The molecule has 3 amide bonds. The van der Waals surface area contributed by atoms with Crippen molar-refractivity contribution in [2.75, 3.05) is 13.7 Å². The molecule has 0 saturated heterocycles. The number of esters is 1. The lowest BCUT2D eigenvalue weighted by atomic mass is 10.1. The van der Waals surface area contributed by atoms with E-state index >= 15 is 0 Å². The second kappa shape index (κ2) is 11.0. The van der Waals surface area contributed by atoms with Crippen molar-refractivity contribution in [3.8, 4) is 0 Å². The number of carbonyl (C=O) groups excluding carboxylic acids is 3. The molecule has 0 aliphatic heterocycles. The van der Waals surface area contributed by atoms with Crippen molar-refractivity contribution in [1.29, 1.82) is 0 Å². The zero-order chi connectivity index (χ0) is 24.8. The van der Waals surface area contributed by atoms with E-state index in [9.17, 15) is 19.2 Å². The van der Waals surface area contributed by atoms with Crippen molar-refractivity contribution in [2.24, 2.45) is 5.92 Å². The molecule has 1 aromatic carbocycles. The molecule has 2 heterocycles. The first-order valence-corrected chi connectivity index (χ1v) is 11.5. The quantitative estimate of drug-likeness (QED) is 0.282. The van der Waals surface area contributed by atoms with E-state index in [0.717, 1.165) is 11.8 Å². The zero-order valence-electron chi connectivity index (χ0n) is 19.3. The Bertz CT molecular complexity index is 1250. The number of fused-ring (bicyclic) bond motifs is 1. The molecule has 2 aromatic heterocycles.